The van der Waals surface area contributed by atoms with E-state index in [2.05, 4.69) is 22.3 Å². The Morgan fingerprint density at radius 1 is 1.42 bits per heavy atom. The minimum absolute atomic E-state index is 0.202. The normalized spacial score (nSPS) is 24.7. The summed E-state index contributed by atoms with van der Waals surface area (Å²) >= 11 is 3.07. The van der Waals surface area contributed by atoms with Crippen molar-refractivity contribution in [2.24, 2.45) is 23.7 Å². The molecule has 4 N–H and O–H groups in total. The van der Waals surface area contributed by atoms with Gasteiger partial charge in [-0.25, -0.2) is 14.8 Å². The number of aliphatic imine (C=N–C) groups is 1. The number of aliphatic carboxylic acids is 1. The second-order valence-electron chi connectivity index (χ2n) is 7.44. The van der Waals surface area contributed by atoms with Crippen LogP contribution >= 0.6 is 23.1 Å². The molecule has 1 amide bonds. The van der Waals surface area contributed by atoms with Crippen LogP contribution in [0.3, 0.4) is 0 Å². The Labute approximate surface area is 194 Å². The number of nitrogens with one attached hydrogen (secondary N) is 1. The van der Waals surface area contributed by atoms with Gasteiger partial charge < -0.3 is 20.9 Å². The highest BCUT2D eigenvalue weighted by atomic mass is 32.2. The molecule has 0 unspecified atom stereocenters. The van der Waals surface area contributed by atoms with E-state index in [1.807, 2.05) is 5.38 Å². The Balaban J connectivity index is 0.000000383. The van der Waals surface area contributed by atoms with Gasteiger partial charge in [0, 0.05) is 30.3 Å². The first-order valence-electron chi connectivity index (χ1n) is 9.56. The second kappa shape index (κ2) is 9.69. The van der Waals surface area contributed by atoms with Crippen LogP contribution < -0.4 is 11.1 Å². The molecule has 2 aliphatic heterocycles. The molecule has 2 aromatic rings. The molecule has 4 rings (SSSR count). The average Bonchev–Trinajstić information content (AvgIpc) is 3.37. The van der Waals surface area contributed by atoms with Gasteiger partial charge in [0.15, 0.2) is 5.17 Å². The molecule has 3 atom stereocenters. The maximum Gasteiger partial charge on any atom is 0.490 e. The van der Waals surface area contributed by atoms with Crippen molar-refractivity contribution in [2.75, 3.05) is 17.7 Å². The minimum Gasteiger partial charge on any atom is -0.475 e. The number of carbonyl (C=O) groups is 2. The number of nitrogens with two attached hydrogens (primary N) is 1. The first kappa shape index (κ1) is 25.0. The van der Waals surface area contributed by atoms with Crippen molar-refractivity contribution in [1.82, 2.24) is 14.8 Å². The van der Waals surface area contributed by atoms with Crippen LogP contribution in [-0.4, -0.2) is 61.6 Å². The second-order valence-corrected chi connectivity index (χ2v) is 9.34. The van der Waals surface area contributed by atoms with Crippen molar-refractivity contribution in [3.63, 3.8) is 0 Å². The standard InChI is InChI=1S/C16H20N6O2S2.C2HF3O2/c1-9-3-11-6-26-15(17)21-16(11,8-24-9)14-20-12(7-25-14)19-13(23)10-4-18-22(2)5-10;3-2(4,5)1(6)7/h4-5,7,9,11H,3,6,8H2,1-2H3,(H2,17,21)(H,19,23);(H,6,7)/t9-,11-,16-;/m0./s1. The molecule has 0 saturated carbocycles. The third-order valence-corrected chi connectivity index (χ3v) is 6.91. The van der Waals surface area contributed by atoms with Crippen LogP contribution in [0.1, 0.15) is 28.7 Å². The van der Waals surface area contributed by atoms with Gasteiger partial charge in [-0.15, -0.1) is 11.3 Å². The topological polar surface area (TPSA) is 145 Å². The number of ether oxygens (including phenoxy) is 1. The third-order valence-electron chi connectivity index (χ3n) is 4.95. The number of carboxylic acids is 1. The lowest BCUT2D eigenvalue weighted by Gasteiger charge is -2.44. The minimum atomic E-state index is -5.08. The zero-order valence-corrected chi connectivity index (χ0v) is 19.1. The number of fused-ring (bicyclic) bond motifs is 1. The fourth-order valence-electron chi connectivity index (χ4n) is 3.34. The zero-order chi connectivity index (χ0) is 24.4. The molecule has 180 valence electrons. The molecule has 2 aliphatic rings. The van der Waals surface area contributed by atoms with Crippen molar-refractivity contribution >= 4 is 46.0 Å². The van der Waals surface area contributed by atoms with Gasteiger partial charge in [-0.2, -0.15) is 18.3 Å². The van der Waals surface area contributed by atoms with E-state index in [0.717, 1.165) is 17.2 Å². The highest BCUT2D eigenvalue weighted by molar-refractivity contribution is 8.13. The fourth-order valence-corrected chi connectivity index (χ4v) is 5.31. The lowest BCUT2D eigenvalue weighted by atomic mass is 9.80. The summed E-state index contributed by atoms with van der Waals surface area (Å²) in [5.74, 6) is -1.26. The maximum atomic E-state index is 12.3. The number of rotatable bonds is 3. The molecular weight excluding hydrogens is 485 g/mol. The van der Waals surface area contributed by atoms with Crippen molar-refractivity contribution in [3.05, 3.63) is 28.3 Å². The molecule has 0 aliphatic carbocycles. The fraction of sp³-hybridized carbons (Fsp3) is 0.500. The third kappa shape index (κ3) is 5.83. The van der Waals surface area contributed by atoms with Crippen LogP contribution in [0.4, 0.5) is 19.0 Å². The quantitative estimate of drug-likeness (QED) is 0.576. The van der Waals surface area contributed by atoms with Gasteiger partial charge in [-0.1, -0.05) is 11.8 Å². The van der Waals surface area contributed by atoms with Crippen LogP contribution in [0, 0.1) is 5.92 Å². The van der Waals surface area contributed by atoms with E-state index >= 15 is 0 Å². The lowest BCUT2D eigenvalue weighted by Crippen LogP contribution is -2.49. The Morgan fingerprint density at radius 3 is 2.73 bits per heavy atom. The van der Waals surface area contributed by atoms with Crippen molar-refractivity contribution in [3.8, 4) is 0 Å². The Bertz CT molecular complexity index is 1060. The van der Waals surface area contributed by atoms with Crippen LogP contribution in [-0.2, 0) is 22.1 Å². The van der Waals surface area contributed by atoms with Crippen LogP contribution in [0.2, 0.25) is 0 Å². The summed E-state index contributed by atoms with van der Waals surface area (Å²) in [6.07, 6.45) is -0.776. The van der Waals surface area contributed by atoms with Gasteiger partial charge in [0.05, 0.1) is 24.5 Å². The Hall–Kier alpha value is -2.65. The predicted octanol–water partition coefficient (Wildman–Crippen LogP) is 2.44. The van der Waals surface area contributed by atoms with Crippen molar-refractivity contribution in [1.29, 1.82) is 0 Å². The Morgan fingerprint density at radius 2 is 2.12 bits per heavy atom. The van der Waals surface area contributed by atoms with Gasteiger partial charge in [0.1, 0.15) is 16.4 Å². The van der Waals surface area contributed by atoms with Crippen molar-refractivity contribution in [2.45, 2.75) is 31.2 Å². The number of thiazole rings is 1. The zero-order valence-electron chi connectivity index (χ0n) is 17.5. The number of hydrogen-bond acceptors (Lipinski definition) is 9. The molecule has 33 heavy (non-hydrogen) atoms. The molecule has 2 aromatic heterocycles. The number of carbonyl (C=O) groups excluding carboxylic acids is 1. The number of halogens is 3. The number of hydrogen-bond donors (Lipinski definition) is 3. The molecule has 15 heteroatoms. The van der Waals surface area contributed by atoms with Gasteiger partial charge >= 0.3 is 12.1 Å². The largest absolute Gasteiger partial charge is 0.490 e. The van der Waals surface area contributed by atoms with Crippen LogP contribution in [0.5, 0.6) is 0 Å². The number of aromatic nitrogens is 3. The summed E-state index contributed by atoms with van der Waals surface area (Å²) in [5.41, 5.74) is 5.96. The Kier molecular flexibility index (Phi) is 7.33. The number of aryl methyl sites for hydroxylation is 1. The smallest absolute Gasteiger partial charge is 0.475 e. The SMILES string of the molecule is C[C@H]1C[C@H]2CSC(N)=N[C@@]2(c2nc(NC(=O)c3cnn(C)c3)cs2)CO1.O=C(O)C(F)(F)F. The van der Waals surface area contributed by atoms with E-state index in [1.165, 1.54) is 17.5 Å². The maximum absolute atomic E-state index is 12.3. The first-order valence-corrected chi connectivity index (χ1v) is 11.4. The van der Waals surface area contributed by atoms with E-state index in [4.69, 9.17) is 25.4 Å². The van der Waals surface area contributed by atoms with E-state index in [0.29, 0.717) is 29.1 Å². The molecule has 0 radical (unpaired) electrons. The average molecular weight is 507 g/mol. The molecule has 0 spiro atoms. The summed E-state index contributed by atoms with van der Waals surface area (Å²) < 4.78 is 39.2. The van der Waals surface area contributed by atoms with E-state index in [9.17, 15) is 18.0 Å². The summed E-state index contributed by atoms with van der Waals surface area (Å²) in [4.78, 5) is 30.6. The van der Waals surface area contributed by atoms with Crippen LogP contribution in [0.15, 0.2) is 22.8 Å². The summed E-state index contributed by atoms with van der Waals surface area (Å²) in [6, 6.07) is 0. The number of amidine groups is 1. The number of amides is 1. The molecule has 4 heterocycles. The number of nitrogens with zero attached hydrogens (tertiary/aromatic N) is 4. The monoisotopic (exact) mass is 506 g/mol. The number of alkyl halides is 3. The van der Waals surface area contributed by atoms with Gasteiger partial charge in [0.25, 0.3) is 5.91 Å². The van der Waals surface area contributed by atoms with E-state index < -0.39 is 17.7 Å². The van der Waals surface area contributed by atoms with Gasteiger partial charge in [-0.3, -0.25) is 9.48 Å². The summed E-state index contributed by atoms with van der Waals surface area (Å²) in [7, 11) is 1.77. The molecule has 10 nitrogen and oxygen atoms in total. The highest BCUT2D eigenvalue weighted by Gasteiger charge is 2.49. The summed E-state index contributed by atoms with van der Waals surface area (Å²) in [6.45, 7) is 2.54. The van der Waals surface area contributed by atoms with Crippen LogP contribution in [0.25, 0.3) is 0 Å². The highest BCUT2D eigenvalue weighted by Crippen LogP contribution is 2.47. The van der Waals surface area contributed by atoms with Crippen molar-refractivity contribution < 1.29 is 32.6 Å². The molecule has 1 fully saturated rings. The number of anilines is 1. The first-order chi connectivity index (χ1) is 15.4. The molecule has 0 bridgehead atoms. The molecular formula is C18H21F3N6O4S2. The van der Waals surface area contributed by atoms with Gasteiger partial charge in [-0.05, 0) is 13.3 Å². The molecule has 0 aromatic carbocycles. The van der Waals surface area contributed by atoms with E-state index in [-0.39, 0.29) is 12.0 Å². The predicted molar refractivity (Wildman–Crippen MR) is 116 cm³/mol. The van der Waals surface area contributed by atoms with Gasteiger partial charge in [0.2, 0.25) is 0 Å². The molecule has 1 saturated heterocycles. The number of carboxylic acid groups (broad SMARTS) is 1. The lowest BCUT2D eigenvalue weighted by molar-refractivity contribution is -0.192. The summed E-state index contributed by atoms with van der Waals surface area (Å²) in [5, 5.41) is 17.2. The number of thioether (sulfide) groups is 1. The van der Waals surface area contributed by atoms with E-state index in [1.54, 1.807) is 29.7 Å².